The van der Waals surface area contributed by atoms with Gasteiger partial charge in [-0.15, -0.1) is 0 Å². The molecule has 5 heteroatoms. The monoisotopic (exact) mass is 270 g/mol. The van der Waals surface area contributed by atoms with Crippen molar-refractivity contribution in [1.29, 1.82) is 0 Å². The Morgan fingerprint density at radius 3 is 2.80 bits per heavy atom. The number of anilines is 2. The van der Waals surface area contributed by atoms with E-state index in [1.165, 1.54) is 0 Å². The van der Waals surface area contributed by atoms with Crippen LogP contribution in [0.2, 0.25) is 0 Å². The smallest absolute Gasteiger partial charge is 0.163 e. The van der Waals surface area contributed by atoms with Crippen LogP contribution in [0.5, 0.6) is 0 Å². The van der Waals surface area contributed by atoms with Gasteiger partial charge in [-0.2, -0.15) is 0 Å². The summed E-state index contributed by atoms with van der Waals surface area (Å²) in [6.07, 6.45) is 2.05. The fourth-order valence-electron chi connectivity index (χ4n) is 2.64. The van der Waals surface area contributed by atoms with Gasteiger partial charge >= 0.3 is 0 Å². The summed E-state index contributed by atoms with van der Waals surface area (Å²) in [5.74, 6) is 1.88. The largest absolute Gasteiger partial charge is 0.394 e. The quantitative estimate of drug-likeness (QED) is 0.887. The highest BCUT2D eigenvalue weighted by atomic mass is 16.3. The van der Waals surface area contributed by atoms with Gasteiger partial charge in [-0.05, 0) is 12.8 Å². The van der Waals surface area contributed by atoms with Gasteiger partial charge in [0.1, 0.15) is 11.6 Å². The van der Waals surface area contributed by atoms with Gasteiger partial charge in [0, 0.05) is 18.2 Å². The van der Waals surface area contributed by atoms with Crippen molar-refractivity contribution in [2.75, 3.05) is 23.8 Å². The van der Waals surface area contributed by atoms with Gasteiger partial charge in [0.05, 0.1) is 12.6 Å². The van der Waals surface area contributed by atoms with Crippen molar-refractivity contribution in [3.8, 4) is 11.4 Å². The summed E-state index contributed by atoms with van der Waals surface area (Å²) in [6.45, 7) is 1.04. The molecular formula is C15H18N4O. The molecule has 3 N–H and O–H groups in total. The number of hydrogen-bond acceptors (Lipinski definition) is 5. The molecule has 5 nitrogen and oxygen atoms in total. The number of hydrogen-bond donors (Lipinski definition) is 2. The normalized spacial score (nSPS) is 18.4. The Labute approximate surface area is 118 Å². The summed E-state index contributed by atoms with van der Waals surface area (Å²) in [7, 11) is 0. The van der Waals surface area contributed by atoms with Gasteiger partial charge in [-0.25, -0.2) is 9.97 Å². The molecule has 3 rings (SSSR count). The van der Waals surface area contributed by atoms with E-state index in [1.54, 1.807) is 6.07 Å². The van der Waals surface area contributed by atoms with E-state index >= 15 is 0 Å². The molecule has 0 aliphatic carbocycles. The Morgan fingerprint density at radius 1 is 1.25 bits per heavy atom. The van der Waals surface area contributed by atoms with Crippen LogP contribution in [-0.2, 0) is 0 Å². The predicted molar refractivity (Wildman–Crippen MR) is 79.3 cm³/mol. The third-order valence-electron chi connectivity index (χ3n) is 3.65. The lowest BCUT2D eigenvalue weighted by Crippen LogP contribution is -2.32. The first kappa shape index (κ1) is 12.9. The summed E-state index contributed by atoms with van der Waals surface area (Å²) in [5.41, 5.74) is 6.86. The second-order valence-corrected chi connectivity index (χ2v) is 5.01. The number of aromatic nitrogens is 2. The maximum atomic E-state index is 9.44. The van der Waals surface area contributed by atoms with Crippen LogP contribution in [0, 0.1) is 0 Å². The Kier molecular flexibility index (Phi) is 3.52. The highest BCUT2D eigenvalue weighted by Crippen LogP contribution is 2.27. The summed E-state index contributed by atoms with van der Waals surface area (Å²) >= 11 is 0. The minimum Gasteiger partial charge on any atom is -0.394 e. The molecule has 1 aliphatic rings. The van der Waals surface area contributed by atoms with Crippen LogP contribution in [-0.4, -0.2) is 34.3 Å². The molecule has 1 aromatic carbocycles. The van der Waals surface area contributed by atoms with E-state index in [0.717, 1.165) is 30.8 Å². The standard InChI is InChI=1S/C15H18N4O/c16-13-9-14(19-8-4-7-12(19)10-20)18-15(17-13)11-5-2-1-3-6-11/h1-3,5-6,9,12,20H,4,7-8,10H2,(H2,16,17,18). The van der Waals surface area contributed by atoms with Gasteiger partial charge in [0.15, 0.2) is 5.82 Å². The predicted octanol–water partition coefficient (Wildman–Crippen LogP) is 1.69. The Bertz CT molecular complexity index is 588. The maximum absolute atomic E-state index is 9.44. The molecule has 0 bridgehead atoms. The minimum atomic E-state index is 0.132. The third-order valence-corrected chi connectivity index (χ3v) is 3.65. The average Bonchev–Trinajstić information content (AvgIpc) is 2.96. The first-order valence-electron chi connectivity index (χ1n) is 6.85. The SMILES string of the molecule is Nc1cc(N2CCCC2CO)nc(-c2ccccc2)n1. The van der Waals surface area contributed by atoms with Gasteiger partial charge in [0.2, 0.25) is 0 Å². The molecule has 20 heavy (non-hydrogen) atoms. The van der Waals surface area contributed by atoms with Crippen LogP contribution in [0.3, 0.4) is 0 Å². The Morgan fingerprint density at radius 2 is 2.05 bits per heavy atom. The van der Waals surface area contributed by atoms with Crippen LogP contribution in [0.15, 0.2) is 36.4 Å². The van der Waals surface area contributed by atoms with Crippen molar-refractivity contribution in [2.45, 2.75) is 18.9 Å². The second-order valence-electron chi connectivity index (χ2n) is 5.01. The summed E-state index contributed by atoms with van der Waals surface area (Å²) in [5, 5.41) is 9.44. The van der Waals surface area contributed by atoms with Gasteiger partial charge in [0.25, 0.3) is 0 Å². The molecular weight excluding hydrogens is 252 g/mol. The lowest BCUT2D eigenvalue weighted by atomic mass is 10.2. The van der Waals surface area contributed by atoms with E-state index in [-0.39, 0.29) is 12.6 Å². The molecule has 0 amide bonds. The van der Waals surface area contributed by atoms with Gasteiger partial charge in [-0.3, -0.25) is 0 Å². The van der Waals surface area contributed by atoms with E-state index in [2.05, 4.69) is 14.9 Å². The third kappa shape index (κ3) is 2.44. The van der Waals surface area contributed by atoms with Crippen molar-refractivity contribution < 1.29 is 5.11 Å². The number of nitrogens with two attached hydrogens (primary N) is 1. The van der Waals surface area contributed by atoms with Crippen LogP contribution in [0.25, 0.3) is 11.4 Å². The number of nitrogen functional groups attached to an aromatic ring is 1. The topological polar surface area (TPSA) is 75.3 Å². The first-order valence-corrected chi connectivity index (χ1v) is 6.85. The molecule has 1 unspecified atom stereocenters. The van der Waals surface area contributed by atoms with Crippen LogP contribution >= 0.6 is 0 Å². The summed E-state index contributed by atoms with van der Waals surface area (Å²) in [6, 6.07) is 11.7. The van der Waals surface area contributed by atoms with Gasteiger partial charge < -0.3 is 15.7 Å². The zero-order valence-corrected chi connectivity index (χ0v) is 11.2. The Balaban J connectivity index is 1.99. The molecule has 1 aromatic heterocycles. The number of benzene rings is 1. The van der Waals surface area contributed by atoms with Crippen molar-refractivity contribution in [3.63, 3.8) is 0 Å². The lowest BCUT2D eigenvalue weighted by molar-refractivity contribution is 0.266. The molecule has 1 fully saturated rings. The van der Waals surface area contributed by atoms with Crippen LogP contribution in [0.4, 0.5) is 11.6 Å². The van der Waals surface area contributed by atoms with E-state index in [4.69, 9.17) is 5.73 Å². The van der Waals surface area contributed by atoms with Gasteiger partial charge in [-0.1, -0.05) is 30.3 Å². The fraction of sp³-hybridized carbons (Fsp3) is 0.333. The fourth-order valence-corrected chi connectivity index (χ4v) is 2.64. The zero-order chi connectivity index (χ0) is 13.9. The van der Waals surface area contributed by atoms with Crippen LogP contribution in [0.1, 0.15) is 12.8 Å². The first-order chi connectivity index (χ1) is 9.78. The Hall–Kier alpha value is -2.14. The van der Waals surface area contributed by atoms with Crippen molar-refractivity contribution in [2.24, 2.45) is 0 Å². The molecule has 104 valence electrons. The lowest BCUT2D eigenvalue weighted by Gasteiger charge is -2.24. The highest BCUT2D eigenvalue weighted by Gasteiger charge is 2.25. The molecule has 0 saturated carbocycles. The number of rotatable bonds is 3. The average molecular weight is 270 g/mol. The second kappa shape index (κ2) is 5.46. The number of aliphatic hydroxyl groups is 1. The molecule has 1 saturated heterocycles. The molecule has 0 radical (unpaired) electrons. The van der Waals surface area contributed by atoms with Crippen molar-refractivity contribution >= 4 is 11.6 Å². The molecule has 0 spiro atoms. The van der Waals surface area contributed by atoms with Crippen molar-refractivity contribution in [3.05, 3.63) is 36.4 Å². The van der Waals surface area contributed by atoms with Crippen molar-refractivity contribution in [1.82, 2.24) is 9.97 Å². The highest BCUT2D eigenvalue weighted by molar-refractivity contribution is 5.61. The summed E-state index contributed by atoms with van der Waals surface area (Å²) in [4.78, 5) is 11.0. The molecule has 2 heterocycles. The van der Waals surface area contributed by atoms with E-state index in [9.17, 15) is 5.11 Å². The number of aliphatic hydroxyl groups excluding tert-OH is 1. The number of nitrogens with zero attached hydrogens (tertiary/aromatic N) is 3. The maximum Gasteiger partial charge on any atom is 0.163 e. The molecule has 2 aromatic rings. The zero-order valence-electron chi connectivity index (χ0n) is 11.2. The summed E-state index contributed by atoms with van der Waals surface area (Å²) < 4.78 is 0. The molecule has 1 aliphatic heterocycles. The van der Waals surface area contributed by atoms with E-state index in [0.29, 0.717) is 11.6 Å². The van der Waals surface area contributed by atoms with E-state index in [1.807, 2.05) is 30.3 Å². The molecule has 1 atom stereocenters. The van der Waals surface area contributed by atoms with Crippen LogP contribution < -0.4 is 10.6 Å². The minimum absolute atomic E-state index is 0.132. The van der Waals surface area contributed by atoms with E-state index < -0.39 is 0 Å².